The van der Waals surface area contributed by atoms with Crippen molar-refractivity contribution in [2.75, 3.05) is 37.0 Å². The van der Waals surface area contributed by atoms with E-state index in [1.807, 2.05) is 48.2 Å². The van der Waals surface area contributed by atoms with Gasteiger partial charge in [-0.1, -0.05) is 0 Å². The van der Waals surface area contributed by atoms with Gasteiger partial charge < -0.3 is 20.0 Å². The average Bonchev–Trinajstić information content (AvgIpc) is 2.71. The quantitative estimate of drug-likeness (QED) is 0.679. The van der Waals surface area contributed by atoms with Crippen LogP contribution in [0.2, 0.25) is 0 Å². The second-order valence-corrected chi connectivity index (χ2v) is 6.37. The number of aliphatic imine (C=N–C) groups is 2. The number of nitrogens with zero attached hydrogens (tertiary/aromatic N) is 4. The molecule has 0 saturated carbocycles. The molecule has 6 heteroatoms. The van der Waals surface area contributed by atoms with Gasteiger partial charge in [-0.15, -0.1) is 0 Å². The van der Waals surface area contributed by atoms with Gasteiger partial charge in [0.05, 0.1) is 0 Å². The second-order valence-electron chi connectivity index (χ2n) is 6.37. The predicted octanol–water partition coefficient (Wildman–Crippen LogP) is 4.02. The largest absolute Gasteiger partial charge is 0.507 e. The van der Waals surface area contributed by atoms with Crippen LogP contribution in [0.3, 0.4) is 0 Å². The first-order chi connectivity index (χ1) is 13.5. The van der Waals surface area contributed by atoms with Crippen LogP contribution in [0.25, 0.3) is 0 Å². The minimum atomic E-state index is 0.181. The molecule has 0 atom stereocenters. The Hall–Kier alpha value is -3.28. The number of aromatic hydroxyl groups is 2. The van der Waals surface area contributed by atoms with Crippen molar-refractivity contribution in [3.05, 3.63) is 59.9 Å². The van der Waals surface area contributed by atoms with E-state index in [2.05, 4.69) is 23.8 Å². The Kier molecular flexibility index (Phi) is 7.63. The summed E-state index contributed by atoms with van der Waals surface area (Å²) >= 11 is 0. The fourth-order valence-electron chi connectivity index (χ4n) is 2.45. The zero-order valence-corrected chi connectivity index (χ0v) is 16.9. The minimum absolute atomic E-state index is 0.181. The normalized spacial score (nSPS) is 11.7. The van der Waals surface area contributed by atoms with E-state index in [0.717, 1.165) is 24.5 Å². The van der Waals surface area contributed by atoms with Gasteiger partial charge in [0.2, 0.25) is 0 Å². The summed E-state index contributed by atoms with van der Waals surface area (Å²) in [5.41, 5.74) is 3.17. The third kappa shape index (κ3) is 5.61. The molecule has 0 saturated heterocycles. The van der Waals surface area contributed by atoms with Gasteiger partial charge in [-0.05, 0) is 38.1 Å². The predicted molar refractivity (Wildman–Crippen MR) is 118 cm³/mol. The summed E-state index contributed by atoms with van der Waals surface area (Å²) < 4.78 is 0. The summed E-state index contributed by atoms with van der Waals surface area (Å²) in [4.78, 5) is 12.4. The maximum absolute atomic E-state index is 10.1. The van der Waals surface area contributed by atoms with Gasteiger partial charge in [-0.2, -0.15) is 0 Å². The fourth-order valence-corrected chi connectivity index (χ4v) is 2.45. The van der Waals surface area contributed by atoms with E-state index >= 15 is 0 Å². The van der Waals surface area contributed by atoms with Crippen molar-refractivity contribution in [2.24, 2.45) is 9.98 Å². The zero-order chi connectivity index (χ0) is 20.5. The molecule has 0 spiro atoms. The molecule has 0 aromatic heterocycles. The third-order valence-corrected chi connectivity index (χ3v) is 4.52. The average molecular weight is 380 g/mol. The summed E-state index contributed by atoms with van der Waals surface area (Å²) in [6.07, 6.45) is 6.20. The SMILES string of the molecule is CCN(C)c1ccc(C=N/C=C/N=Cc2ccc(N(C)CC)cc2O)c(O)c1. The molecule has 2 aromatic rings. The van der Waals surface area contributed by atoms with Crippen molar-refractivity contribution in [1.29, 1.82) is 0 Å². The molecule has 0 aliphatic carbocycles. The van der Waals surface area contributed by atoms with E-state index in [4.69, 9.17) is 0 Å². The van der Waals surface area contributed by atoms with Gasteiger partial charge >= 0.3 is 0 Å². The minimum Gasteiger partial charge on any atom is -0.507 e. The van der Waals surface area contributed by atoms with E-state index < -0.39 is 0 Å². The molecule has 28 heavy (non-hydrogen) atoms. The first kappa shape index (κ1) is 21.0. The van der Waals surface area contributed by atoms with E-state index in [-0.39, 0.29) is 11.5 Å². The highest BCUT2D eigenvalue weighted by Crippen LogP contribution is 2.23. The molecule has 0 bridgehead atoms. The maximum atomic E-state index is 10.1. The summed E-state index contributed by atoms with van der Waals surface area (Å²) in [5, 5.41) is 20.2. The highest BCUT2D eigenvalue weighted by molar-refractivity contribution is 5.85. The van der Waals surface area contributed by atoms with Crippen molar-refractivity contribution in [3.8, 4) is 11.5 Å². The lowest BCUT2D eigenvalue weighted by Gasteiger charge is -2.17. The molecular formula is C22H28N4O2. The highest BCUT2D eigenvalue weighted by Gasteiger charge is 2.04. The molecule has 0 radical (unpaired) electrons. The summed E-state index contributed by atoms with van der Waals surface area (Å²) in [6, 6.07) is 11.0. The first-order valence-electron chi connectivity index (χ1n) is 9.26. The number of phenols is 2. The number of phenolic OH excluding ortho intramolecular Hbond substituents is 2. The number of rotatable bonds is 8. The second kappa shape index (κ2) is 10.2. The third-order valence-electron chi connectivity index (χ3n) is 4.52. The molecule has 2 rings (SSSR count). The van der Waals surface area contributed by atoms with Crippen LogP contribution in [0.5, 0.6) is 11.5 Å². The molecule has 0 fully saturated rings. The Morgan fingerprint density at radius 2 is 1.14 bits per heavy atom. The van der Waals surface area contributed by atoms with E-state index in [1.165, 1.54) is 12.4 Å². The van der Waals surface area contributed by atoms with E-state index in [1.54, 1.807) is 24.6 Å². The van der Waals surface area contributed by atoms with E-state index in [9.17, 15) is 10.2 Å². The number of hydrogen-bond acceptors (Lipinski definition) is 6. The van der Waals surface area contributed by atoms with Crippen LogP contribution < -0.4 is 9.80 Å². The van der Waals surface area contributed by atoms with Gasteiger partial charge in [0.1, 0.15) is 11.5 Å². The standard InChI is InChI=1S/C22H28N4O2/c1-5-25(3)19-9-7-17(21(27)13-19)15-23-11-12-24-16-18-8-10-20(14-22(18)28)26(4)6-2/h7-16,27-28H,5-6H2,1-4H3/b12-11+,23-15?,24-16?. The smallest absolute Gasteiger partial charge is 0.126 e. The van der Waals surface area contributed by atoms with Crippen LogP contribution in [-0.4, -0.2) is 49.8 Å². The number of benzene rings is 2. The molecule has 0 heterocycles. The van der Waals surface area contributed by atoms with Gasteiger partial charge in [0.25, 0.3) is 0 Å². The summed E-state index contributed by atoms with van der Waals surface area (Å²) in [6.45, 7) is 5.83. The number of hydrogen-bond donors (Lipinski definition) is 2. The monoisotopic (exact) mass is 380 g/mol. The Labute approximate surface area is 166 Å². The Bertz CT molecular complexity index is 803. The van der Waals surface area contributed by atoms with Crippen LogP contribution in [0.4, 0.5) is 11.4 Å². The van der Waals surface area contributed by atoms with Crippen LogP contribution in [0.15, 0.2) is 58.8 Å². The van der Waals surface area contributed by atoms with Gasteiger partial charge in [0, 0.05) is 86.6 Å². The van der Waals surface area contributed by atoms with Crippen molar-refractivity contribution < 1.29 is 10.2 Å². The van der Waals surface area contributed by atoms with Crippen LogP contribution in [-0.2, 0) is 0 Å². The van der Waals surface area contributed by atoms with E-state index in [0.29, 0.717) is 11.1 Å². The lowest BCUT2D eigenvalue weighted by molar-refractivity contribution is 0.474. The molecule has 0 aliphatic rings. The molecule has 148 valence electrons. The highest BCUT2D eigenvalue weighted by atomic mass is 16.3. The van der Waals surface area contributed by atoms with Crippen molar-refractivity contribution in [2.45, 2.75) is 13.8 Å². The lowest BCUT2D eigenvalue weighted by Crippen LogP contribution is -2.15. The van der Waals surface area contributed by atoms with Gasteiger partial charge in [-0.25, -0.2) is 0 Å². The lowest BCUT2D eigenvalue weighted by atomic mass is 10.2. The van der Waals surface area contributed by atoms with Gasteiger partial charge in [0.15, 0.2) is 0 Å². The first-order valence-corrected chi connectivity index (χ1v) is 9.26. The van der Waals surface area contributed by atoms with Crippen LogP contribution >= 0.6 is 0 Å². The molecule has 2 N–H and O–H groups in total. The zero-order valence-electron chi connectivity index (χ0n) is 16.9. The van der Waals surface area contributed by atoms with Crippen molar-refractivity contribution in [3.63, 3.8) is 0 Å². The molecule has 2 aromatic carbocycles. The summed E-state index contributed by atoms with van der Waals surface area (Å²) in [7, 11) is 3.94. The molecule has 0 aliphatic heterocycles. The van der Waals surface area contributed by atoms with Crippen molar-refractivity contribution >= 4 is 23.8 Å². The molecule has 0 amide bonds. The Morgan fingerprint density at radius 3 is 1.46 bits per heavy atom. The molecule has 0 unspecified atom stereocenters. The van der Waals surface area contributed by atoms with Crippen LogP contribution in [0.1, 0.15) is 25.0 Å². The van der Waals surface area contributed by atoms with Crippen LogP contribution in [0, 0.1) is 0 Å². The molecule has 6 nitrogen and oxygen atoms in total. The number of anilines is 2. The maximum Gasteiger partial charge on any atom is 0.126 e. The topological polar surface area (TPSA) is 71.7 Å². The Balaban J connectivity index is 1.98. The van der Waals surface area contributed by atoms with Crippen molar-refractivity contribution in [1.82, 2.24) is 0 Å². The molecular weight excluding hydrogens is 352 g/mol. The summed E-state index contributed by atoms with van der Waals surface area (Å²) in [5.74, 6) is 0.362. The Morgan fingerprint density at radius 1 is 0.750 bits per heavy atom. The fraction of sp³-hybridized carbons (Fsp3) is 0.273. The van der Waals surface area contributed by atoms with Gasteiger partial charge in [-0.3, -0.25) is 9.98 Å².